The average molecular weight is 328 g/mol. The Kier molecular flexibility index (Phi) is 3.89. The van der Waals surface area contributed by atoms with Gasteiger partial charge in [0, 0.05) is 38.2 Å². The Balaban J connectivity index is 1.64. The van der Waals surface area contributed by atoms with Crippen LogP contribution < -0.4 is 0 Å². The van der Waals surface area contributed by atoms with Crippen molar-refractivity contribution in [1.29, 1.82) is 0 Å². The average Bonchev–Trinajstić information content (AvgIpc) is 3.34. The Labute approximate surface area is 139 Å². The molecule has 0 aromatic carbocycles. The maximum atomic E-state index is 5.99. The van der Waals surface area contributed by atoms with Crippen LogP contribution in [0.5, 0.6) is 0 Å². The minimum atomic E-state index is -0.100. The highest BCUT2D eigenvalue weighted by Crippen LogP contribution is 2.40. The molecule has 1 aliphatic rings. The van der Waals surface area contributed by atoms with Crippen LogP contribution in [0, 0.1) is 0 Å². The third kappa shape index (κ3) is 2.62. The van der Waals surface area contributed by atoms with E-state index in [0.717, 1.165) is 37.3 Å². The largest absolute Gasteiger partial charge is 0.419 e. The molecule has 8 heteroatoms. The molecule has 0 spiro atoms. The van der Waals surface area contributed by atoms with Gasteiger partial charge in [0.2, 0.25) is 5.89 Å². The van der Waals surface area contributed by atoms with Gasteiger partial charge < -0.3 is 9.15 Å². The molecule has 1 saturated heterocycles. The Hall–Kier alpha value is -2.48. The molecule has 1 aliphatic heterocycles. The Morgan fingerprint density at radius 2 is 2.21 bits per heavy atom. The SMILES string of the molecule is CCn1nccc1-c1nnc([C@@H]2CCCO[C@H]2c2cnn(C)c2)o1. The molecule has 0 aliphatic carbocycles. The van der Waals surface area contributed by atoms with Crippen LogP contribution in [0.1, 0.15) is 43.2 Å². The summed E-state index contributed by atoms with van der Waals surface area (Å²) in [6.07, 6.45) is 7.39. The fourth-order valence-electron chi connectivity index (χ4n) is 3.20. The van der Waals surface area contributed by atoms with Gasteiger partial charge in [-0.1, -0.05) is 0 Å². The van der Waals surface area contributed by atoms with Gasteiger partial charge in [-0.05, 0) is 25.8 Å². The van der Waals surface area contributed by atoms with Gasteiger partial charge in [-0.15, -0.1) is 10.2 Å². The second-order valence-corrected chi connectivity index (χ2v) is 5.97. The number of rotatable bonds is 4. The number of aryl methyl sites for hydroxylation is 2. The molecule has 4 heterocycles. The van der Waals surface area contributed by atoms with Crippen molar-refractivity contribution >= 4 is 0 Å². The van der Waals surface area contributed by atoms with E-state index in [-0.39, 0.29) is 12.0 Å². The first-order valence-electron chi connectivity index (χ1n) is 8.22. The van der Waals surface area contributed by atoms with Gasteiger partial charge in [-0.3, -0.25) is 9.36 Å². The van der Waals surface area contributed by atoms with E-state index in [1.54, 1.807) is 10.9 Å². The van der Waals surface area contributed by atoms with Gasteiger partial charge in [-0.2, -0.15) is 10.2 Å². The van der Waals surface area contributed by atoms with Gasteiger partial charge in [0.1, 0.15) is 5.69 Å². The normalized spacial score (nSPS) is 21.2. The zero-order valence-corrected chi connectivity index (χ0v) is 13.8. The van der Waals surface area contributed by atoms with Gasteiger partial charge in [-0.25, -0.2) is 0 Å². The number of nitrogens with zero attached hydrogens (tertiary/aromatic N) is 6. The quantitative estimate of drug-likeness (QED) is 0.731. The highest BCUT2D eigenvalue weighted by atomic mass is 16.5. The van der Waals surface area contributed by atoms with Crippen molar-refractivity contribution < 1.29 is 9.15 Å². The summed E-state index contributed by atoms with van der Waals surface area (Å²) >= 11 is 0. The highest BCUT2D eigenvalue weighted by Gasteiger charge is 2.34. The predicted octanol–water partition coefficient (Wildman–Crippen LogP) is 2.32. The Bertz CT molecular complexity index is 820. The van der Waals surface area contributed by atoms with E-state index in [1.165, 1.54) is 0 Å². The molecule has 1 fully saturated rings. The molecule has 24 heavy (non-hydrogen) atoms. The maximum Gasteiger partial charge on any atom is 0.265 e. The molecular formula is C16H20N6O2. The van der Waals surface area contributed by atoms with Gasteiger partial charge in [0.15, 0.2) is 0 Å². The summed E-state index contributed by atoms with van der Waals surface area (Å²) in [5.41, 5.74) is 1.88. The van der Waals surface area contributed by atoms with Crippen molar-refractivity contribution in [2.24, 2.45) is 7.05 Å². The van der Waals surface area contributed by atoms with Gasteiger partial charge in [0.25, 0.3) is 5.89 Å². The lowest BCUT2D eigenvalue weighted by Gasteiger charge is -2.28. The lowest BCUT2D eigenvalue weighted by Crippen LogP contribution is -2.21. The summed E-state index contributed by atoms with van der Waals surface area (Å²) in [4.78, 5) is 0. The number of aromatic nitrogens is 6. The van der Waals surface area contributed by atoms with E-state index in [0.29, 0.717) is 11.8 Å². The van der Waals surface area contributed by atoms with E-state index in [2.05, 4.69) is 20.4 Å². The van der Waals surface area contributed by atoms with Crippen LogP contribution in [0.2, 0.25) is 0 Å². The molecule has 126 valence electrons. The van der Waals surface area contributed by atoms with E-state index in [4.69, 9.17) is 9.15 Å². The van der Waals surface area contributed by atoms with Crippen molar-refractivity contribution in [3.8, 4) is 11.6 Å². The molecule has 3 aromatic rings. The van der Waals surface area contributed by atoms with E-state index in [1.807, 2.05) is 37.1 Å². The zero-order chi connectivity index (χ0) is 16.5. The van der Waals surface area contributed by atoms with Crippen LogP contribution in [0.4, 0.5) is 0 Å². The van der Waals surface area contributed by atoms with E-state index < -0.39 is 0 Å². The summed E-state index contributed by atoms with van der Waals surface area (Å²) in [7, 11) is 1.90. The highest BCUT2D eigenvalue weighted by molar-refractivity contribution is 5.45. The molecule has 0 unspecified atom stereocenters. The lowest BCUT2D eigenvalue weighted by atomic mass is 9.91. The Morgan fingerprint density at radius 1 is 1.29 bits per heavy atom. The molecule has 0 N–H and O–H groups in total. The standard InChI is InChI=1S/C16H20N6O2/c1-3-22-13(6-7-17-22)16-20-19-15(24-16)12-5-4-8-23-14(12)11-9-18-21(2)10-11/h6-7,9-10,12,14H,3-5,8H2,1-2H3/t12-,14+/m1/s1. The first kappa shape index (κ1) is 15.1. The van der Waals surface area contributed by atoms with Crippen molar-refractivity contribution in [2.45, 2.75) is 38.3 Å². The second-order valence-electron chi connectivity index (χ2n) is 5.97. The summed E-state index contributed by atoms with van der Waals surface area (Å²) in [5.74, 6) is 1.16. The number of ether oxygens (including phenoxy) is 1. The predicted molar refractivity (Wildman–Crippen MR) is 85.1 cm³/mol. The van der Waals surface area contributed by atoms with Gasteiger partial charge >= 0.3 is 0 Å². The van der Waals surface area contributed by atoms with Crippen LogP contribution in [0.3, 0.4) is 0 Å². The van der Waals surface area contributed by atoms with Crippen molar-refractivity contribution in [2.75, 3.05) is 6.61 Å². The molecule has 2 atom stereocenters. The van der Waals surface area contributed by atoms with Crippen LogP contribution >= 0.6 is 0 Å². The molecule has 0 radical (unpaired) electrons. The molecular weight excluding hydrogens is 308 g/mol. The first-order valence-corrected chi connectivity index (χ1v) is 8.22. The molecule has 0 amide bonds. The number of hydrogen-bond acceptors (Lipinski definition) is 6. The maximum absolute atomic E-state index is 5.99. The fraction of sp³-hybridized carbons (Fsp3) is 0.500. The molecule has 0 bridgehead atoms. The van der Waals surface area contributed by atoms with E-state index in [9.17, 15) is 0 Å². The molecule has 3 aromatic heterocycles. The van der Waals surface area contributed by atoms with Crippen molar-refractivity contribution in [1.82, 2.24) is 29.8 Å². The third-order valence-corrected chi connectivity index (χ3v) is 4.37. The summed E-state index contributed by atoms with van der Waals surface area (Å²) in [6.45, 7) is 3.52. The smallest absolute Gasteiger partial charge is 0.265 e. The van der Waals surface area contributed by atoms with Crippen LogP contribution in [-0.4, -0.2) is 36.4 Å². The fourth-order valence-corrected chi connectivity index (χ4v) is 3.20. The summed E-state index contributed by atoms with van der Waals surface area (Å²) in [6, 6.07) is 1.89. The van der Waals surface area contributed by atoms with Crippen molar-refractivity contribution in [3.63, 3.8) is 0 Å². The summed E-state index contributed by atoms with van der Waals surface area (Å²) < 4.78 is 15.6. The zero-order valence-electron chi connectivity index (χ0n) is 13.8. The monoisotopic (exact) mass is 328 g/mol. The minimum absolute atomic E-state index is 0.0437. The first-order chi connectivity index (χ1) is 11.8. The molecule has 8 nitrogen and oxygen atoms in total. The van der Waals surface area contributed by atoms with Crippen molar-refractivity contribution in [3.05, 3.63) is 36.1 Å². The van der Waals surface area contributed by atoms with Crippen LogP contribution in [0.15, 0.2) is 29.1 Å². The van der Waals surface area contributed by atoms with Crippen LogP contribution in [-0.2, 0) is 18.3 Å². The molecule has 4 rings (SSSR count). The van der Waals surface area contributed by atoms with E-state index >= 15 is 0 Å². The lowest BCUT2D eigenvalue weighted by molar-refractivity contribution is -0.00891. The van der Waals surface area contributed by atoms with Crippen LogP contribution in [0.25, 0.3) is 11.6 Å². The summed E-state index contributed by atoms with van der Waals surface area (Å²) in [5, 5.41) is 17.0. The van der Waals surface area contributed by atoms with Gasteiger partial charge in [0.05, 0.1) is 18.2 Å². The Morgan fingerprint density at radius 3 is 3.00 bits per heavy atom. The number of hydrogen-bond donors (Lipinski definition) is 0. The molecule has 0 saturated carbocycles. The second kappa shape index (κ2) is 6.20. The topological polar surface area (TPSA) is 83.8 Å². The third-order valence-electron chi connectivity index (χ3n) is 4.37. The minimum Gasteiger partial charge on any atom is -0.419 e.